The third kappa shape index (κ3) is 8.21. The van der Waals surface area contributed by atoms with Crippen LogP contribution in [-0.4, -0.2) is 56.8 Å². The van der Waals surface area contributed by atoms with Gasteiger partial charge in [-0.2, -0.15) is 0 Å². The monoisotopic (exact) mass is 611 g/mol. The van der Waals surface area contributed by atoms with E-state index in [-0.39, 0.29) is 35.3 Å². The van der Waals surface area contributed by atoms with Crippen molar-refractivity contribution in [2.24, 2.45) is 5.92 Å². The molecule has 3 rings (SSSR count). The molecule has 4 N–H and O–H groups in total. The number of aliphatic carboxylic acids is 1. The average Bonchev–Trinajstić information content (AvgIpc) is 3.24. The first kappa shape index (κ1) is 34.2. The molecule has 11 nitrogen and oxygen atoms in total. The van der Waals surface area contributed by atoms with E-state index in [4.69, 9.17) is 19.3 Å². The molecule has 44 heavy (non-hydrogen) atoms. The van der Waals surface area contributed by atoms with E-state index in [1.807, 2.05) is 26.0 Å². The van der Waals surface area contributed by atoms with Gasteiger partial charge in [-0.3, -0.25) is 19.2 Å². The van der Waals surface area contributed by atoms with Crippen molar-refractivity contribution < 1.29 is 33.7 Å². The molecule has 0 radical (unpaired) electrons. The number of carbonyl (C=O) groups is 3. The lowest BCUT2D eigenvalue weighted by Crippen LogP contribution is -2.44. The van der Waals surface area contributed by atoms with E-state index in [1.54, 1.807) is 20.3 Å². The Hall–Kier alpha value is -4.28. The predicted octanol–water partition coefficient (Wildman–Crippen LogP) is 4.45. The summed E-state index contributed by atoms with van der Waals surface area (Å²) in [6.07, 6.45) is 3.82. The topological polar surface area (TPSA) is 152 Å². The summed E-state index contributed by atoms with van der Waals surface area (Å²) in [5.41, 5.74) is 2.93. The van der Waals surface area contributed by atoms with Gasteiger partial charge >= 0.3 is 5.97 Å². The van der Waals surface area contributed by atoms with Crippen molar-refractivity contribution in [2.45, 2.75) is 77.8 Å². The van der Waals surface area contributed by atoms with Crippen LogP contribution in [0.25, 0.3) is 11.1 Å². The van der Waals surface area contributed by atoms with Crippen molar-refractivity contribution >= 4 is 23.5 Å². The Balaban J connectivity index is 2.06. The molecule has 2 aromatic carbocycles. The maximum Gasteiger partial charge on any atom is 0.303 e. The molecule has 3 atom stereocenters. The van der Waals surface area contributed by atoms with Crippen molar-refractivity contribution in [3.63, 3.8) is 0 Å². The van der Waals surface area contributed by atoms with Crippen LogP contribution in [0.3, 0.4) is 0 Å². The van der Waals surface area contributed by atoms with Gasteiger partial charge in [-0.25, -0.2) is 0 Å². The molecule has 11 heteroatoms. The Kier molecular flexibility index (Phi) is 12.4. The van der Waals surface area contributed by atoms with Crippen LogP contribution in [0.4, 0.5) is 5.69 Å². The number of unbranched alkanes of at least 4 members (excludes halogenated alkanes) is 2. The summed E-state index contributed by atoms with van der Waals surface area (Å²) in [5, 5.41) is 18.0. The summed E-state index contributed by atoms with van der Waals surface area (Å²) in [6.45, 7) is 5.78. The van der Waals surface area contributed by atoms with E-state index >= 15 is 0 Å². The second-order valence-corrected chi connectivity index (χ2v) is 11.1. The lowest BCUT2D eigenvalue weighted by Gasteiger charge is -2.24. The summed E-state index contributed by atoms with van der Waals surface area (Å²) in [7, 11) is 4.63. The molecule has 240 valence electrons. The van der Waals surface area contributed by atoms with Crippen molar-refractivity contribution in [1.82, 2.24) is 10.6 Å². The first-order chi connectivity index (χ1) is 21.1. The summed E-state index contributed by atoms with van der Waals surface area (Å²) in [6, 6.07) is 5.79. The average molecular weight is 612 g/mol. The molecule has 0 fully saturated rings. The number of aryl methyl sites for hydroxylation is 1. The summed E-state index contributed by atoms with van der Waals surface area (Å²) in [5.74, 6) is 0.0173. The molecule has 3 unspecified atom stereocenters. The van der Waals surface area contributed by atoms with E-state index in [2.05, 4.69) is 16.0 Å². The summed E-state index contributed by atoms with van der Waals surface area (Å²) >= 11 is 0. The second kappa shape index (κ2) is 16.0. The van der Waals surface area contributed by atoms with Crippen molar-refractivity contribution in [3.8, 4) is 28.4 Å². The third-order valence-electron chi connectivity index (χ3n) is 8.09. The summed E-state index contributed by atoms with van der Waals surface area (Å²) in [4.78, 5) is 50.0. The number of ether oxygens (including phenoxy) is 3. The molecule has 0 heterocycles. The number of benzene rings is 1. The van der Waals surface area contributed by atoms with Crippen LogP contribution in [0.2, 0.25) is 0 Å². The van der Waals surface area contributed by atoms with Gasteiger partial charge < -0.3 is 35.3 Å². The largest absolute Gasteiger partial charge is 0.493 e. The quantitative estimate of drug-likeness (QED) is 0.214. The van der Waals surface area contributed by atoms with E-state index < -0.39 is 18.1 Å². The van der Waals surface area contributed by atoms with Crippen LogP contribution in [0.1, 0.15) is 76.5 Å². The van der Waals surface area contributed by atoms with Crippen LogP contribution in [-0.2, 0) is 20.8 Å². The van der Waals surface area contributed by atoms with Gasteiger partial charge in [-0.15, -0.1) is 0 Å². The zero-order valence-corrected chi connectivity index (χ0v) is 26.5. The molecule has 0 aromatic heterocycles. The highest BCUT2D eigenvalue weighted by Crippen LogP contribution is 2.50. The number of carboxylic acids is 1. The third-order valence-corrected chi connectivity index (χ3v) is 8.09. The molecule has 0 bridgehead atoms. The van der Waals surface area contributed by atoms with Gasteiger partial charge in [0.1, 0.15) is 6.04 Å². The fourth-order valence-corrected chi connectivity index (χ4v) is 5.60. The van der Waals surface area contributed by atoms with E-state index in [0.717, 1.165) is 11.1 Å². The fourth-order valence-electron chi connectivity index (χ4n) is 5.60. The molecule has 1 aliphatic carbocycles. The predicted molar refractivity (Wildman–Crippen MR) is 169 cm³/mol. The van der Waals surface area contributed by atoms with Gasteiger partial charge in [-0.1, -0.05) is 32.8 Å². The van der Waals surface area contributed by atoms with E-state index in [1.165, 1.54) is 20.1 Å². The van der Waals surface area contributed by atoms with Gasteiger partial charge in [0.15, 0.2) is 11.5 Å². The van der Waals surface area contributed by atoms with E-state index in [9.17, 15) is 19.2 Å². The van der Waals surface area contributed by atoms with Crippen LogP contribution in [0.5, 0.6) is 17.2 Å². The number of carbonyl (C=O) groups excluding carboxylic acids is 2. The Bertz CT molecular complexity index is 1410. The number of amides is 2. The highest BCUT2D eigenvalue weighted by Gasteiger charge is 2.30. The number of hydrogen-bond acceptors (Lipinski definition) is 8. The van der Waals surface area contributed by atoms with Crippen molar-refractivity contribution in [1.29, 1.82) is 0 Å². The molecule has 0 spiro atoms. The zero-order chi connectivity index (χ0) is 32.4. The zero-order valence-electron chi connectivity index (χ0n) is 26.5. The first-order valence-corrected chi connectivity index (χ1v) is 15.1. The number of methoxy groups -OCH3 is 3. The molecular formula is C33H45N3O8. The highest BCUT2D eigenvalue weighted by atomic mass is 16.5. The lowest BCUT2D eigenvalue weighted by molar-refractivity contribution is -0.137. The molecule has 0 saturated carbocycles. The smallest absolute Gasteiger partial charge is 0.303 e. The number of anilines is 1. The highest BCUT2D eigenvalue weighted by molar-refractivity contribution is 5.86. The molecule has 0 saturated heterocycles. The number of hydrogen-bond donors (Lipinski definition) is 4. The molecule has 2 aromatic rings. The Morgan fingerprint density at radius 1 is 1.02 bits per heavy atom. The standard InChI is InChI=1S/C33H45N3O8/c1-7-19(2)30(33(41)34-16-10-8-9-11-28(39)40)36-25-15-13-22-23(18-26(25)38)24(35-20(3)37)14-12-21-17-27(42-4)31(43-5)32(44-6)29(21)22/h13,15,17-19,24,30H,7-12,14,16H2,1-6H3,(H,34,41)(H,35,37)(H,36,38)(H,39,40). The molecule has 0 aliphatic heterocycles. The minimum Gasteiger partial charge on any atom is -0.493 e. The number of carboxylic acid groups (broad SMARTS) is 1. The first-order valence-electron chi connectivity index (χ1n) is 15.1. The van der Waals surface area contributed by atoms with Crippen molar-refractivity contribution in [2.75, 3.05) is 33.2 Å². The van der Waals surface area contributed by atoms with Gasteiger partial charge in [0, 0.05) is 25.5 Å². The lowest BCUT2D eigenvalue weighted by atomic mass is 9.95. The van der Waals surface area contributed by atoms with Gasteiger partial charge in [0.05, 0.1) is 33.1 Å². The molecular weight excluding hydrogens is 566 g/mol. The van der Waals surface area contributed by atoms with Crippen molar-refractivity contribution in [3.05, 3.63) is 45.6 Å². The molecule has 1 aliphatic rings. The minimum atomic E-state index is -0.832. The number of rotatable bonds is 15. The Morgan fingerprint density at radius 2 is 1.75 bits per heavy atom. The second-order valence-electron chi connectivity index (χ2n) is 11.1. The van der Waals surface area contributed by atoms with Gasteiger partial charge in [0.25, 0.3) is 0 Å². The molecule has 2 amide bonds. The normalized spacial score (nSPS) is 15.0. The summed E-state index contributed by atoms with van der Waals surface area (Å²) < 4.78 is 17.1. The SMILES string of the molecule is CCC(C)C(Nc1ccc2c(cc1=O)C(NC(C)=O)CCc1cc(OC)c(OC)c(OC)c1-2)C(=O)NCCCCCC(=O)O. The van der Waals surface area contributed by atoms with Crippen LogP contribution in [0.15, 0.2) is 29.1 Å². The fraction of sp³-hybridized carbons (Fsp3) is 0.515. The van der Waals surface area contributed by atoms with Gasteiger partial charge in [0.2, 0.25) is 23.0 Å². The van der Waals surface area contributed by atoms with Crippen LogP contribution >= 0.6 is 0 Å². The number of fused-ring (bicyclic) bond motifs is 3. The maximum absolute atomic E-state index is 13.8. The maximum atomic E-state index is 13.8. The van der Waals surface area contributed by atoms with E-state index in [0.29, 0.717) is 73.4 Å². The van der Waals surface area contributed by atoms with Crippen LogP contribution < -0.4 is 35.6 Å². The van der Waals surface area contributed by atoms with Crippen LogP contribution in [0, 0.1) is 5.92 Å². The minimum absolute atomic E-state index is 0.0885. The Labute approximate surface area is 258 Å². The number of nitrogens with one attached hydrogen (secondary N) is 3. The van der Waals surface area contributed by atoms with Gasteiger partial charge in [-0.05, 0) is 66.5 Å². The Morgan fingerprint density at radius 3 is 2.36 bits per heavy atom.